The lowest BCUT2D eigenvalue weighted by atomic mass is 10.1. The molecule has 9 heteroatoms. The van der Waals surface area contributed by atoms with Gasteiger partial charge in [0.05, 0.1) is 5.75 Å². The summed E-state index contributed by atoms with van der Waals surface area (Å²) < 4.78 is 40.2. The van der Waals surface area contributed by atoms with Gasteiger partial charge in [-0.2, -0.15) is 4.31 Å². The van der Waals surface area contributed by atoms with Crippen LogP contribution in [-0.4, -0.2) is 93.1 Å². The summed E-state index contributed by atoms with van der Waals surface area (Å²) in [6.07, 6.45) is 4.48. The zero-order valence-corrected chi connectivity index (χ0v) is 18.4. The molecular formula is C21H33FN4O3S. The van der Waals surface area contributed by atoms with E-state index in [0.717, 1.165) is 26.1 Å². The first-order valence-corrected chi connectivity index (χ1v) is 12.5. The molecule has 2 aliphatic rings. The maximum Gasteiger partial charge on any atom is 0.253 e. The van der Waals surface area contributed by atoms with E-state index in [1.54, 1.807) is 4.90 Å². The molecule has 2 aliphatic heterocycles. The maximum atomic E-state index is 13.2. The minimum Gasteiger partial charge on any atom is -0.338 e. The van der Waals surface area contributed by atoms with Gasteiger partial charge in [-0.15, -0.1) is 0 Å². The van der Waals surface area contributed by atoms with Gasteiger partial charge in [0.1, 0.15) is 5.82 Å². The Labute approximate surface area is 179 Å². The van der Waals surface area contributed by atoms with Crippen molar-refractivity contribution in [2.24, 2.45) is 0 Å². The number of carbonyl (C=O) groups is 1. The van der Waals surface area contributed by atoms with Crippen molar-refractivity contribution in [3.05, 3.63) is 35.6 Å². The summed E-state index contributed by atoms with van der Waals surface area (Å²) >= 11 is 0. The normalized spacial score (nSPS) is 19.0. The van der Waals surface area contributed by atoms with E-state index >= 15 is 0 Å². The van der Waals surface area contributed by atoms with Gasteiger partial charge >= 0.3 is 0 Å². The molecule has 0 aliphatic carbocycles. The molecule has 7 nitrogen and oxygen atoms in total. The summed E-state index contributed by atoms with van der Waals surface area (Å²) in [5.74, 6) is -0.738. The number of halogens is 1. The van der Waals surface area contributed by atoms with E-state index in [1.807, 2.05) is 0 Å². The Morgan fingerprint density at radius 2 is 1.67 bits per heavy atom. The fourth-order valence-electron chi connectivity index (χ4n) is 4.04. The Bertz CT molecular complexity index is 776. The van der Waals surface area contributed by atoms with Crippen LogP contribution in [-0.2, 0) is 10.0 Å². The molecule has 168 valence electrons. The number of hydrogen-bond donors (Lipinski definition) is 1. The van der Waals surface area contributed by atoms with Crippen molar-refractivity contribution in [3.8, 4) is 0 Å². The number of likely N-dealkylation sites (tertiary alicyclic amines) is 1. The first-order valence-electron chi connectivity index (χ1n) is 10.9. The number of rotatable bonds is 9. The van der Waals surface area contributed by atoms with Crippen LogP contribution in [0.15, 0.2) is 24.3 Å². The molecule has 0 unspecified atom stereocenters. The highest BCUT2D eigenvalue weighted by molar-refractivity contribution is 7.89. The van der Waals surface area contributed by atoms with Crippen LogP contribution in [0.2, 0.25) is 0 Å². The van der Waals surface area contributed by atoms with E-state index in [0.29, 0.717) is 38.3 Å². The van der Waals surface area contributed by atoms with Crippen LogP contribution in [0.5, 0.6) is 0 Å². The molecule has 0 spiro atoms. The first kappa shape index (κ1) is 23.1. The number of amides is 1. The van der Waals surface area contributed by atoms with Gasteiger partial charge in [-0.05, 0) is 63.2 Å². The molecular weight excluding hydrogens is 407 g/mol. The van der Waals surface area contributed by atoms with E-state index in [2.05, 4.69) is 10.2 Å². The van der Waals surface area contributed by atoms with Gasteiger partial charge in [-0.25, -0.2) is 12.8 Å². The molecule has 3 rings (SSSR count). The topological polar surface area (TPSA) is 73.0 Å². The van der Waals surface area contributed by atoms with E-state index < -0.39 is 15.8 Å². The van der Waals surface area contributed by atoms with Crippen molar-refractivity contribution in [1.82, 2.24) is 19.4 Å². The van der Waals surface area contributed by atoms with Gasteiger partial charge in [0, 0.05) is 44.8 Å². The van der Waals surface area contributed by atoms with Crippen molar-refractivity contribution in [2.45, 2.75) is 25.7 Å². The molecule has 30 heavy (non-hydrogen) atoms. The number of nitrogens with zero attached hydrogens (tertiary/aromatic N) is 3. The molecule has 1 N–H and O–H groups in total. The second-order valence-electron chi connectivity index (χ2n) is 8.02. The number of carbonyl (C=O) groups excluding carboxylic acids is 1. The number of piperidine rings is 1. The van der Waals surface area contributed by atoms with Crippen LogP contribution < -0.4 is 5.32 Å². The summed E-state index contributed by atoms with van der Waals surface area (Å²) in [6.45, 7) is 5.92. The van der Waals surface area contributed by atoms with Crippen molar-refractivity contribution in [2.75, 3.05) is 64.7 Å². The van der Waals surface area contributed by atoms with Crippen LogP contribution >= 0.6 is 0 Å². The number of benzene rings is 1. The van der Waals surface area contributed by atoms with Crippen molar-refractivity contribution < 1.29 is 17.6 Å². The van der Waals surface area contributed by atoms with E-state index in [-0.39, 0.29) is 18.2 Å². The molecule has 2 saturated heterocycles. The zero-order chi connectivity index (χ0) is 21.4. The predicted octanol–water partition coefficient (Wildman–Crippen LogP) is 1.38. The molecule has 0 radical (unpaired) electrons. The smallest absolute Gasteiger partial charge is 0.253 e. The number of nitrogens with one attached hydrogen (secondary N) is 1. The Kier molecular flexibility index (Phi) is 8.61. The monoisotopic (exact) mass is 440 g/mol. The lowest BCUT2D eigenvalue weighted by molar-refractivity contribution is 0.0756. The highest BCUT2D eigenvalue weighted by Gasteiger charge is 2.26. The van der Waals surface area contributed by atoms with Gasteiger partial charge in [0.25, 0.3) is 5.91 Å². The maximum absolute atomic E-state index is 13.2. The van der Waals surface area contributed by atoms with Crippen LogP contribution in [0.4, 0.5) is 4.39 Å². The van der Waals surface area contributed by atoms with Crippen LogP contribution in [0.25, 0.3) is 0 Å². The number of piperazine rings is 1. The third-order valence-corrected chi connectivity index (χ3v) is 7.67. The third kappa shape index (κ3) is 6.73. The average molecular weight is 441 g/mol. The SMILES string of the molecule is O=C(c1ccc(F)cc1)N(CCCN1CCCCC1)CCS(=O)(=O)N1CCNCC1. The van der Waals surface area contributed by atoms with Gasteiger partial charge < -0.3 is 15.1 Å². The van der Waals surface area contributed by atoms with Crippen molar-refractivity contribution in [1.29, 1.82) is 0 Å². The lowest BCUT2D eigenvalue weighted by Crippen LogP contribution is -2.48. The first-order chi connectivity index (χ1) is 14.5. The van der Waals surface area contributed by atoms with Gasteiger partial charge in [0.2, 0.25) is 10.0 Å². The van der Waals surface area contributed by atoms with E-state index in [4.69, 9.17) is 0 Å². The third-order valence-electron chi connectivity index (χ3n) is 5.82. The quantitative estimate of drug-likeness (QED) is 0.628. The van der Waals surface area contributed by atoms with Crippen molar-refractivity contribution >= 4 is 15.9 Å². The predicted molar refractivity (Wildman–Crippen MR) is 115 cm³/mol. The minimum atomic E-state index is -3.42. The molecule has 1 aromatic rings. The molecule has 2 heterocycles. The molecule has 2 fully saturated rings. The highest BCUT2D eigenvalue weighted by atomic mass is 32.2. The van der Waals surface area contributed by atoms with Crippen LogP contribution in [0, 0.1) is 5.82 Å². The van der Waals surface area contributed by atoms with Gasteiger partial charge in [-0.1, -0.05) is 6.42 Å². The molecule has 0 bridgehead atoms. The van der Waals surface area contributed by atoms with Crippen LogP contribution in [0.1, 0.15) is 36.0 Å². The summed E-state index contributed by atoms with van der Waals surface area (Å²) in [4.78, 5) is 17.0. The summed E-state index contributed by atoms with van der Waals surface area (Å²) in [5, 5.41) is 3.15. The Hall–Kier alpha value is -1.55. The van der Waals surface area contributed by atoms with E-state index in [1.165, 1.54) is 47.8 Å². The van der Waals surface area contributed by atoms with Crippen molar-refractivity contribution in [3.63, 3.8) is 0 Å². The largest absolute Gasteiger partial charge is 0.338 e. The molecule has 0 aromatic heterocycles. The van der Waals surface area contributed by atoms with Gasteiger partial charge in [0.15, 0.2) is 0 Å². The molecule has 0 atom stereocenters. The van der Waals surface area contributed by atoms with Crippen LogP contribution in [0.3, 0.4) is 0 Å². The number of hydrogen-bond acceptors (Lipinski definition) is 5. The fraction of sp³-hybridized carbons (Fsp3) is 0.667. The second-order valence-corrected chi connectivity index (χ2v) is 10.1. The highest BCUT2D eigenvalue weighted by Crippen LogP contribution is 2.12. The summed E-state index contributed by atoms with van der Waals surface area (Å²) in [6, 6.07) is 5.44. The minimum absolute atomic E-state index is 0.0936. The van der Waals surface area contributed by atoms with E-state index in [9.17, 15) is 17.6 Å². The summed E-state index contributed by atoms with van der Waals surface area (Å²) in [7, 11) is -3.42. The Balaban J connectivity index is 1.61. The zero-order valence-electron chi connectivity index (χ0n) is 17.6. The van der Waals surface area contributed by atoms with Gasteiger partial charge in [-0.3, -0.25) is 4.79 Å². The molecule has 0 saturated carbocycles. The average Bonchev–Trinajstić information content (AvgIpc) is 2.77. The molecule has 1 aromatic carbocycles. The standard InChI is InChI=1S/C21H33FN4O3S/c22-20-7-5-19(6-8-20)21(27)25(14-4-13-24-11-2-1-3-12-24)17-18-30(28,29)26-15-9-23-10-16-26/h5-8,23H,1-4,9-18H2. The fourth-order valence-corrected chi connectivity index (χ4v) is 5.48. The Morgan fingerprint density at radius 1 is 1.00 bits per heavy atom. The Morgan fingerprint density at radius 3 is 2.33 bits per heavy atom. The number of sulfonamides is 1. The molecule has 1 amide bonds. The summed E-state index contributed by atoms with van der Waals surface area (Å²) in [5.41, 5.74) is 0.383. The second kappa shape index (κ2) is 11.2. The lowest BCUT2D eigenvalue weighted by Gasteiger charge is -2.30.